The molecule has 0 amide bonds. The molecule has 6 heteroatoms. The van der Waals surface area contributed by atoms with Gasteiger partial charge in [0.25, 0.3) is 0 Å². The van der Waals surface area contributed by atoms with E-state index in [1.54, 1.807) is 6.08 Å². The third kappa shape index (κ3) is 9.75. The zero-order chi connectivity index (χ0) is 24.0. The van der Waals surface area contributed by atoms with E-state index in [1.807, 2.05) is 18.2 Å². The van der Waals surface area contributed by atoms with E-state index in [1.165, 1.54) is 33.5 Å². The first-order valence-corrected chi connectivity index (χ1v) is 11.5. The second-order valence-corrected chi connectivity index (χ2v) is 8.45. The number of ketones is 2. The van der Waals surface area contributed by atoms with E-state index in [9.17, 15) is 19.2 Å². The highest BCUT2D eigenvalue weighted by atomic mass is 16.6. The number of allylic oxidation sites excluding steroid dienone is 4. The monoisotopic (exact) mass is 446 g/mol. The molecule has 1 rings (SSSR count). The fourth-order valence-electron chi connectivity index (χ4n) is 3.98. The minimum atomic E-state index is -0.989. The molecule has 0 saturated carbocycles. The van der Waals surface area contributed by atoms with Crippen molar-refractivity contribution in [3.63, 3.8) is 0 Å². The first-order chi connectivity index (χ1) is 15.2. The lowest BCUT2D eigenvalue weighted by Gasteiger charge is -2.32. The van der Waals surface area contributed by atoms with Crippen LogP contribution in [0.5, 0.6) is 0 Å². The van der Waals surface area contributed by atoms with Crippen LogP contribution < -0.4 is 0 Å². The van der Waals surface area contributed by atoms with Crippen LogP contribution in [0.25, 0.3) is 0 Å². The van der Waals surface area contributed by atoms with Gasteiger partial charge in [0.2, 0.25) is 0 Å². The standard InChI is InChI=1S/C26H38O6/c1-5-6-7-8-9-10-17-26(32-21(3)28)18-16-24(29)23(26)13-11-12-22(19-20(2)27)14-15-25(30)31-4/h9-12,16,18,22-23H,5-8,13-15,17,19H2,1-4H3/b10-9-,12-11+/t22-,23+,26-/m0/s1. The number of esters is 2. The average Bonchev–Trinajstić information content (AvgIpc) is 3.03. The molecule has 0 aliphatic heterocycles. The van der Waals surface area contributed by atoms with Crippen LogP contribution in [0.2, 0.25) is 0 Å². The zero-order valence-electron chi connectivity index (χ0n) is 19.9. The van der Waals surface area contributed by atoms with Gasteiger partial charge in [0.15, 0.2) is 5.78 Å². The summed E-state index contributed by atoms with van der Waals surface area (Å²) in [6.07, 6.45) is 17.3. The van der Waals surface area contributed by atoms with Crippen LogP contribution >= 0.6 is 0 Å². The van der Waals surface area contributed by atoms with Crippen molar-refractivity contribution in [2.75, 3.05) is 7.11 Å². The van der Waals surface area contributed by atoms with Crippen LogP contribution in [0.1, 0.15) is 78.6 Å². The Morgan fingerprint density at radius 2 is 1.91 bits per heavy atom. The molecule has 0 radical (unpaired) electrons. The number of rotatable bonds is 15. The molecule has 1 aliphatic rings. The minimum absolute atomic E-state index is 0.0330. The number of methoxy groups -OCH3 is 1. The molecule has 0 bridgehead atoms. The molecule has 3 atom stereocenters. The van der Waals surface area contributed by atoms with Crippen molar-refractivity contribution in [3.8, 4) is 0 Å². The molecular weight excluding hydrogens is 408 g/mol. The van der Waals surface area contributed by atoms with E-state index in [-0.39, 0.29) is 29.9 Å². The molecular formula is C26H38O6. The summed E-state index contributed by atoms with van der Waals surface area (Å²) in [5.74, 6) is -1.41. The molecule has 1 aliphatic carbocycles. The molecule has 32 heavy (non-hydrogen) atoms. The van der Waals surface area contributed by atoms with Gasteiger partial charge in [0.05, 0.1) is 13.0 Å². The summed E-state index contributed by atoms with van der Waals surface area (Å²) < 4.78 is 10.4. The Balaban J connectivity index is 2.89. The maximum atomic E-state index is 12.6. The van der Waals surface area contributed by atoms with Crippen molar-refractivity contribution in [1.29, 1.82) is 0 Å². The molecule has 0 spiro atoms. The maximum absolute atomic E-state index is 12.6. The van der Waals surface area contributed by atoms with Gasteiger partial charge in [0, 0.05) is 26.2 Å². The van der Waals surface area contributed by atoms with Crippen LogP contribution in [-0.4, -0.2) is 36.2 Å². The van der Waals surface area contributed by atoms with Crippen molar-refractivity contribution in [1.82, 2.24) is 0 Å². The van der Waals surface area contributed by atoms with Crippen molar-refractivity contribution < 1.29 is 28.7 Å². The summed E-state index contributed by atoms with van der Waals surface area (Å²) in [5, 5.41) is 0. The van der Waals surface area contributed by atoms with Gasteiger partial charge in [-0.25, -0.2) is 0 Å². The number of hydrogen-bond acceptors (Lipinski definition) is 6. The van der Waals surface area contributed by atoms with E-state index < -0.39 is 17.5 Å². The molecule has 6 nitrogen and oxygen atoms in total. The zero-order valence-corrected chi connectivity index (χ0v) is 19.9. The van der Waals surface area contributed by atoms with Gasteiger partial charge in [-0.3, -0.25) is 14.4 Å². The Morgan fingerprint density at radius 3 is 2.53 bits per heavy atom. The van der Waals surface area contributed by atoms with Gasteiger partial charge in [-0.15, -0.1) is 0 Å². The molecule has 178 valence electrons. The van der Waals surface area contributed by atoms with E-state index >= 15 is 0 Å². The molecule has 0 aromatic rings. The lowest BCUT2D eigenvalue weighted by atomic mass is 9.83. The number of unbranched alkanes of at least 4 members (excludes halogenated alkanes) is 3. The summed E-state index contributed by atoms with van der Waals surface area (Å²) >= 11 is 0. The maximum Gasteiger partial charge on any atom is 0.305 e. The molecule has 0 unspecified atom stereocenters. The first kappa shape index (κ1) is 27.5. The van der Waals surface area contributed by atoms with Gasteiger partial charge >= 0.3 is 11.9 Å². The van der Waals surface area contributed by atoms with E-state index in [0.29, 0.717) is 25.7 Å². The lowest BCUT2D eigenvalue weighted by Crippen LogP contribution is -2.40. The number of Topliss-reactive ketones (excluding diaryl/α,β-unsaturated/α-hetero) is 1. The van der Waals surface area contributed by atoms with Crippen LogP contribution in [-0.2, 0) is 28.7 Å². The Hall–Kier alpha value is -2.50. The molecule has 0 saturated heterocycles. The first-order valence-electron chi connectivity index (χ1n) is 11.5. The molecule has 0 heterocycles. The normalized spacial score (nSPS) is 21.4. The highest BCUT2D eigenvalue weighted by molar-refractivity contribution is 5.96. The second-order valence-electron chi connectivity index (χ2n) is 8.45. The van der Waals surface area contributed by atoms with Gasteiger partial charge in [0.1, 0.15) is 11.4 Å². The molecule has 0 aromatic heterocycles. The van der Waals surface area contributed by atoms with Crippen LogP contribution in [0.15, 0.2) is 36.5 Å². The van der Waals surface area contributed by atoms with Crippen LogP contribution in [0.4, 0.5) is 0 Å². The fraction of sp³-hybridized carbons (Fsp3) is 0.615. The van der Waals surface area contributed by atoms with Crippen LogP contribution in [0, 0.1) is 11.8 Å². The molecule has 0 N–H and O–H groups in total. The Morgan fingerprint density at radius 1 is 1.16 bits per heavy atom. The largest absolute Gasteiger partial charge is 0.469 e. The van der Waals surface area contributed by atoms with Gasteiger partial charge in [-0.1, -0.05) is 44.1 Å². The summed E-state index contributed by atoms with van der Waals surface area (Å²) in [5.41, 5.74) is -0.989. The minimum Gasteiger partial charge on any atom is -0.469 e. The quantitative estimate of drug-likeness (QED) is 0.198. The summed E-state index contributed by atoms with van der Waals surface area (Å²) in [6.45, 7) is 5.02. The number of ether oxygens (including phenoxy) is 2. The highest BCUT2D eigenvalue weighted by Crippen LogP contribution is 2.37. The number of carbonyl (C=O) groups excluding carboxylic acids is 4. The van der Waals surface area contributed by atoms with Gasteiger partial charge in [-0.2, -0.15) is 0 Å². The predicted octanol–water partition coefficient (Wildman–Crippen LogP) is 5.06. The molecule has 0 fully saturated rings. The third-order valence-corrected chi connectivity index (χ3v) is 5.65. The van der Waals surface area contributed by atoms with Crippen LogP contribution in [0.3, 0.4) is 0 Å². The fourth-order valence-corrected chi connectivity index (χ4v) is 3.98. The van der Waals surface area contributed by atoms with Crippen molar-refractivity contribution in [2.24, 2.45) is 11.8 Å². The van der Waals surface area contributed by atoms with Crippen molar-refractivity contribution in [3.05, 3.63) is 36.5 Å². The average molecular weight is 447 g/mol. The van der Waals surface area contributed by atoms with E-state index in [0.717, 1.165) is 19.3 Å². The number of carbonyl (C=O) groups is 4. The topological polar surface area (TPSA) is 86.7 Å². The Labute approximate surface area is 192 Å². The van der Waals surface area contributed by atoms with E-state index in [2.05, 4.69) is 17.7 Å². The van der Waals surface area contributed by atoms with Crippen molar-refractivity contribution >= 4 is 23.5 Å². The summed E-state index contributed by atoms with van der Waals surface area (Å²) in [7, 11) is 1.34. The van der Waals surface area contributed by atoms with E-state index in [4.69, 9.17) is 4.74 Å². The van der Waals surface area contributed by atoms with Crippen molar-refractivity contribution in [2.45, 2.75) is 84.2 Å². The predicted molar refractivity (Wildman–Crippen MR) is 124 cm³/mol. The third-order valence-electron chi connectivity index (χ3n) is 5.65. The summed E-state index contributed by atoms with van der Waals surface area (Å²) in [4.78, 5) is 47.5. The van der Waals surface area contributed by atoms with Gasteiger partial charge < -0.3 is 14.3 Å². The smallest absolute Gasteiger partial charge is 0.305 e. The second kappa shape index (κ2) is 14.5. The Bertz CT molecular complexity index is 733. The number of hydrogen-bond donors (Lipinski definition) is 0. The SMILES string of the molecule is CCCCC/C=C\C[C@]1(OC(C)=O)C=CC(=O)[C@H]1C/C=C/[C@@H](CCC(=O)OC)CC(C)=O. The highest BCUT2D eigenvalue weighted by Gasteiger charge is 2.45. The lowest BCUT2D eigenvalue weighted by molar-refractivity contribution is -0.157. The summed E-state index contributed by atoms with van der Waals surface area (Å²) in [6, 6.07) is 0. The van der Waals surface area contributed by atoms with Gasteiger partial charge in [-0.05, 0) is 50.7 Å². The Kier molecular flexibility index (Phi) is 12.5. The molecule has 0 aromatic carbocycles.